The lowest BCUT2D eigenvalue weighted by atomic mass is 10.0. The first-order valence-corrected chi connectivity index (χ1v) is 6.59. The molecule has 1 unspecified atom stereocenters. The van der Waals surface area contributed by atoms with E-state index in [0.717, 1.165) is 11.1 Å². The summed E-state index contributed by atoms with van der Waals surface area (Å²) < 4.78 is 18.7. The Balaban J connectivity index is 1.74. The van der Waals surface area contributed by atoms with Crippen LogP contribution < -0.4 is 0 Å². The molecule has 1 atom stereocenters. The minimum absolute atomic E-state index is 0.290. The first kappa shape index (κ1) is 13.5. The number of halogens is 1. The largest absolute Gasteiger partial charge is 0.469 e. The fourth-order valence-corrected chi connectivity index (χ4v) is 2.23. The van der Waals surface area contributed by atoms with Crippen molar-refractivity contribution in [3.63, 3.8) is 0 Å². The number of aliphatic hydroxyl groups excluding tert-OH is 1. The summed E-state index contributed by atoms with van der Waals surface area (Å²) in [5, 5.41) is 16.3. The van der Waals surface area contributed by atoms with Crippen LogP contribution >= 0.6 is 0 Å². The Morgan fingerprint density at radius 2 is 2.24 bits per heavy atom. The zero-order valence-electron chi connectivity index (χ0n) is 11.2. The van der Waals surface area contributed by atoms with Crippen LogP contribution in [0.5, 0.6) is 0 Å². The molecule has 1 aromatic carbocycles. The molecule has 0 fully saturated rings. The number of nitrogens with one attached hydrogen (secondary N) is 1. The molecule has 2 heterocycles. The second-order valence-electron chi connectivity index (χ2n) is 4.69. The quantitative estimate of drug-likeness (QED) is 0.756. The van der Waals surface area contributed by atoms with Crippen molar-refractivity contribution >= 4 is 0 Å². The summed E-state index contributed by atoms with van der Waals surface area (Å²) in [5.74, 6) is 0.842. The number of rotatable bonds is 5. The maximum atomic E-state index is 13.3. The van der Waals surface area contributed by atoms with Gasteiger partial charge < -0.3 is 9.52 Å². The van der Waals surface area contributed by atoms with E-state index < -0.39 is 6.10 Å². The van der Waals surface area contributed by atoms with Crippen LogP contribution in [0, 0.1) is 5.82 Å². The topological polar surface area (TPSA) is 74.9 Å². The standard InChI is InChI=1S/C15H14FN3O2/c16-11-3-1-2-10(8-11)12-6-7-21-14(12)5-4-13(20)15-17-9-18-19-15/h1-3,6-9,13,20H,4-5H2,(H,17,18,19). The van der Waals surface area contributed by atoms with Gasteiger partial charge >= 0.3 is 0 Å². The van der Waals surface area contributed by atoms with Crippen molar-refractivity contribution < 1.29 is 13.9 Å². The summed E-state index contributed by atoms with van der Waals surface area (Å²) in [6.45, 7) is 0. The highest BCUT2D eigenvalue weighted by Crippen LogP contribution is 2.27. The molecule has 0 aliphatic rings. The molecule has 5 nitrogen and oxygen atoms in total. The van der Waals surface area contributed by atoms with Crippen molar-refractivity contribution in [2.75, 3.05) is 0 Å². The molecule has 0 spiro atoms. The molecule has 2 aromatic heterocycles. The number of H-pyrrole nitrogens is 1. The molecule has 3 aromatic rings. The highest BCUT2D eigenvalue weighted by atomic mass is 19.1. The molecule has 3 rings (SSSR count). The number of hydrogen-bond acceptors (Lipinski definition) is 4. The van der Waals surface area contributed by atoms with Gasteiger partial charge in [-0.05, 0) is 30.2 Å². The molecule has 0 aliphatic heterocycles. The monoisotopic (exact) mass is 287 g/mol. The average Bonchev–Trinajstić information content (AvgIpc) is 3.16. The lowest BCUT2D eigenvalue weighted by Crippen LogP contribution is -2.02. The van der Waals surface area contributed by atoms with Crippen LogP contribution in [0.3, 0.4) is 0 Å². The molecular weight excluding hydrogens is 273 g/mol. The minimum atomic E-state index is -0.738. The Labute approximate surface area is 120 Å². The van der Waals surface area contributed by atoms with Crippen LogP contribution in [0.4, 0.5) is 4.39 Å². The Hall–Kier alpha value is -2.47. The van der Waals surface area contributed by atoms with Gasteiger partial charge in [-0.2, -0.15) is 5.10 Å². The average molecular weight is 287 g/mol. The molecule has 0 saturated carbocycles. The van der Waals surface area contributed by atoms with Crippen molar-refractivity contribution in [1.82, 2.24) is 15.2 Å². The number of hydrogen-bond donors (Lipinski definition) is 2. The zero-order valence-corrected chi connectivity index (χ0v) is 11.2. The molecule has 0 bridgehead atoms. The van der Waals surface area contributed by atoms with E-state index in [4.69, 9.17) is 4.42 Å². The second-order valence-corrected chi connectivity index (χ2v) is 4.69. The summed E-state index contributed by atoms with van der Waals surface area (Å²) in [7, 11) is 0. The highest BCUT2D eigenvalue weighted by molar-refractivity contribution is 5.65. The van der Waals surface area contributed by atoms with E-state index in [-0.39, 0.29) is 5.82 Å². The van der Waals surface area contributed by atoms with Gasteiger partial charge in [-0.15, -0.1) is 0 Å². The number of aromatic nitrogens is 3. The summed E-state index contributed by atoms with van der Waals surface area (Å²) >= 11 is 0. The fraction of sp³-hybridized carbons (Fsp3) is 0.200. The van der Waals surface area contributed by atoms with Crippen LogP contribution in [0.1, 0.15) is 24.1 Å². The summed E-state index contributed by atoms with van der Waals surface area (Å²) in [6.07, 6.45) is 3.13. The van der Waals surface area contributed by atoms with E-state index in [1.807, 2.05) is 6.07 Å². The second kappa shape index (κ2) is 5.88. The van der Waals surface area contributed by atoms with Crippen molar-refractivity contribution in [3.05, 3.63) is 60.3 Å². The predicted molar refractivity (Wildman–Crippen MR) is 73.8 cm³/mol. The van der Waals surface area contributed by atoms with Gasteiger partial charge in [-0.1, -0.05) is 12.1 Å². The lowest BCUT2D eigenvalue weighted by Gasteiger charge is -2.07. The van der Waals surface area contributed by atoms with E-state index in [9.17, 15) is 9.50 Å². The number of aromatic amines is 1. The Morgan fingerprint density at radius 3 is 3.00 bits per heavy atom. The van der Waals surface area contributed by atoms with E-state index >= 15 is 0 Å². The predicted octanol–water partition coefficient (Wildman–Crippen LogP) is 2.87. The van der Waals surface area contributed by atoms with Gasteiger partial charge in [0.25, 0.3) is 0 Å². The Morgan fingerprint density at radius 1 is 1.33 bits per heavy atom. The van der Waals surface area contributed by atoms with Crippen molar-refractivity contribution in [3.8, 4) is 11.1 Å². The first-order chi connectivity index (χ1) is 10.2. The number of furan rings is 1. The SMILES string of the molecule is OC(CCc1occc1-c1cccc(F)c1)c1ncn[nH]1. The number of nitrogens with zero attached hydrogens (tertiary/aromatic N) is 2. The van der Waals surface area contributed by atoms with Gasteiger partial charge in [-0.3, -0.25) is 5.10 Å². The highest BCUT2D eigenvalue weighted by Gasteiger charge is 2.14. The summed E-state index contributed by atoms with van der Waals surface area (Å²) in [5.41, 5.74) is 1.59. The molecule has 21 heavy (non-hydrogen) atoms. The summed E-state index contributed by atoms with van der Waals surface area (Å²) in [6, 6.07) is 8.14. The third-order valence-corrected chi connectivity index (χ3v) is 3.28. The number of benzene rings is 1. The van der Waals surface area contributed by atoms with E-state index in [0.29, 0.717) is 24.4 Å². The number of aryl methyl sites for hydroxylation is 1. The van der Waals surface area contributed by atoms with E-state index in [2.05, 4.69) is 15.2 Å². The minimum Gasteiger partial charge on any atom is -0.469 e. The van der Waals surface area contributed by atoms with Crippen LogP contribution in [-0.2, 0) is 6.42 Å². The fourth-order valence-electron chi connectivity index (χ4n) is 2.23. The molecule has 108 valence electrons. The van der Waals surface area contributed by atoms with Gasteiger partial charge in [0.15, 0.2) is 5.82 Å². The van der Waals surface area contributed by atoms with Crippen LogP contribution in [0.15, 0.2) is 47.3 Å². The van der Waals surface area contributed by atoms with Gasteiger partial charge in [0.2, 0.25) is 0 Å². The summed E-state index contributed by atoms with van der Waals surface area (Å²) in [4.78, 5) is 3.91. The molecule has 2 N–H and O–H groups in total. The molecule has 0 amide bonds. The normalized spacial score (nSPS) is 12.5. The smallest absolute Gasteiger partial charge is 0.153 e. The number of aliphatic hydroxyl groups is 1. The van der Waals surface area contributed by atoms with Crippen LogP contribution in [0.25, 0.3) is 11.1 Å². The first-order valence-electron chi connectivity index (χ1n) is 6.59. The van der Waals surface area contributed by atoms with Crippen molar-refractivity contribution in [1.29, 1.82) is 0 Å². The van der Waals surface area contributed by atoms with E-state index in [1.165, 1.54) is 18.5 Å². The van der Waals surface area contributed by atoms with Gasteiger partial charge in [0.1, 0.15) is 24.0 Å². The molecule has 0 saturated heterocycles. The third-order valence-electron chi connectivity index (χ3n) is 3.28. The van der Waals surface area contributed by atoms with Crippen molar-refractivity contribution in [2.24, 2.45) is 0 Å². The maximum Gasteiger partial charge on any atom is 0.153 e. The van der Waals surface area contributed by atoms with Crippen LogP contribution in [-0.4, -0.2) is 20.3 Å². The molecule has 0 radical (unpaired) electrons. The molecule has 0 aliphatic carbocycles. The van der Waals surface area contributed by atoms with Crippen LogP contribution in [0.2, 0.25) is 0 Å². The molecular formula is C15H14FN3O2. The Bertz CT molecular complexity index is 709. The molecule has 6 heteroatoms. The van der Waals surface area contributed by atoms with Crippen molar-refractivity contribution in [2.45, 2.75) is 18.9 Å². The zero-order chi connectivity index (χ0) is 14.7. The van der Waals surface area contributed by atoms with E-state index in [1.54, 1.807) is 18.4 Å². The lowest BCUT2D eigenvalue weighted by molar-refractivity contribution is 0.156. The maximum absolute atomic E-state index is 13.3. The van der Waals surface area contributed by atoms with Gasteiger partial charge in [0.05, 0.1) is 6.26 Å². The third kappa shape index (κ3) is 3.00. The Kier molecular flexibility index (Phi) is 3.79. The van der Waals surface area contributed by atoms with Gasteiger partial charge in [0, 0.05) is 12.0 Å². The van der Waals surface area contributed by atoms with Gasteiger partial charge in [-0.25, -0.2) is 9.37 Å².